The summed E-state index contributed by atoms with van der Waals surface area (Å²) >= 11 is 0. The molecule has 2 N–H and O–H groups in total. The third-order valence-electron chi connectivity index (χ3n) is 3.70. The van der Waals surface area contributed by atoms with Crippen molar-refractivity contribution in [2.24, 2.45) is 5.73 Å². The summed E-state index contributed by atoms with van der Waals surface area (Å²) in [4.78, 5) is 13.6. The number of hydrogen-bond acceptors (Lipinski definition) is 2. The molecule has 0 aromatic heterocycles. The zero-order valence-electron chi connectivity index (χ0n) is 10.9. The lowest BCUT2D eigenvalue weighted by molar-refractivity contribution is -0.131. The molecule has 1 fully saturated rings. The number of carbonyl (C=O) groups is 1. The van der Waals surface area contributed by atoms with E-state index in [1.165, 1.54) is 6.07 Å². The van der Waals surface area contributed by atoms with Gasteiger partial charge in [0, 0.05) is 19.0 Å². The maximum Gasteiger partial charge on any atom is 0.239 e. The number of likely N-dealkylation sites (tertiary alicyclic amines) is 1. The van der Waals surface area contributed by atoms with Crippen LogP contribution in [0.4, 0.5) is 8.78 Å². The van der Waals surface area contributed by atoms with Crippen molar-refractivity contribution in [2.75, 3.05) is 13.1 Å². The maximum absolute atomic E-state index is 13.8. The van der Waals surface area contributed by atoms with Gasteiger partial charge in [-0.15, -0.1) is 0 Å². The highest BCUT2D eigenvalue weighted by atomic mass is 19.2. The number of likely N-dealkylation sites (N-methyl/N-ethyl adjacent to an activating group) is 1. The minimum atomic E-state index is -0.847. The van der Waals surface area contributed by atoms with Crippen molar-refractivity contribution >= 4 is 5.91 Å². The Morgan fingerprint density at radius 3 is 2.79 bits per heavy atom. The Hall–Kier alpha value is -1.49. The third kappa shape index (κ3) is 2.76. The van der Waals surface area contributed by atoms with E-state index in [1.54, 1.807) is 11.0 Å². The fraction of sp³-hybridized carbons (Fsp3) is 0.500. The Bertz CT molecular complexity index is 479. The van der Waals surface area contributed by atoms with Crippen LogP contribution in [0.3, 0.4) is 0 Å². The van der Waals surface area contributed by atoms with Crippen LogP contribution in [0, 0.1) is 11.6 Å². The normalized spacial score (nSPS) is 24.4. The fourth-order valence-electron chi connectivity index (χ4n) is 2.56. The minimum Gasteiger partial charge on any atom is -0.341 e. The van der Waals surface area contributed by atoms with Gasteiger partial charge in [0.05, 0.1) is 6.04 Å². The van der Waals surface area contributed by atoms with Crippen LogP contribution in [-0.2, 0) is 4.79 Å². The predicted molar refractivity (Wildman–Crippen MR) is 68.6 cm³/mol. The molecule has 1 aliphatic rings. The monoisotopic (exact) mass is 268 g/mol. The van der Waals surface area contributed by atoms with E-state index in [9.17, 15) is 13.6 Å². The molecule has 19 heavy (non-hydrogen) atoms. The molecule has 1 heterocycles. The molecule has 0 spiro atoms. The van der Waals surface area contributed by atoms with Crippen molar-refractivity contribution in [3.63, 3.8) is 0 Å². The van der Waals surface area contributed by atoms with E-state index in [2.05, 4.69) is 0 Å². The molecule has 2 rings (SSSR count). The van der Waals surface area contributed by atoms with Gasteiger partial charge in [-0.05, 0) is 31.4 Å². The van der Waals surface area contributed by atoms with Crippen molar-refractivity contribution in [3.8, 4) is 0 Å². The molecule has 1 aromatic rings. The lowest BCUT2D eigenvalue weighted by atomic mass is 9.93. The second-order valence-electron chi connectivity index (χ2n) is 4.90. The van der Waals surface area contributed by atoms with E-state index in [0.29, 0.717) is 31.5 Å². The number of nitrogens with two attached hydrogens (primary N) is 1. The first-order chi connectivity index (χ1) is 9.04. The van der Waals surface area contributed by atoms with Crippen LogP contribution < -0.4 is 5.73 Å². The number of hydrogen-bond donors (Lipinski definition) is 1. The van der Waals surface area contributed by atoms with Crippen LogP contribution in [0.2, 0.25) is 0 Å². The SMILES string of the molecule is CCN1CC(c2cccc(F)c2F)CCC(N)C1=O. The molecule has 1 aromatic carbocycles. The minimum absolute atomic E-state index is 0.109. The molecule has 1 saturated heterocycles. The quantitative estimate of drug-likeness (QED) is 0.892. The number of carbonyl (C=O) groups excluding carboxylic acids is 1. The van der Waals surface area contributed by atoms with Crippen LogP contribution in [0.1, 0.15) is 31.2 Å². The molecule has 2 unspecified atom stereocenters. The lowest BCUT2D eigenvalue weighted by Gasteiger charge is -2.24. The van der Waals surface area contributed by atoms with E-state index < -0.39 is 17.7 Å². The first-order valence-electron chi connectivity index (χ1n) is 6.52. The van der Waals surface area contributed by atoms with E-state index in [-0.39, 0.29) is 11.8 Å². The lowest BCUT2D eigenvalue weighted by Crippen LogP contribution is -2.42. The van der Waals surface area contributed by atoms with Crippen molar-refractivity contribution < 1.29 is 13.6 Å². The third-order valence-corrected chi connectivity index (χ3v) is 3.70. The summed E-state index contributed by atoms with van der Waals surface area (Å²) in [5.41, 5.74) is 6.13. The van der Waals surface area contributed by atoms with Crippen molar-refractivity contribution in [2.45, 2.75) is 31.7 Å². The molecule has 1 aliphatic heterocycles. The number of benzene rings is 1. The zero-order valence-corrected chi connectivity index (χ0v) is 10.9. The fourth-order valence-corrected chi connectivity index (χ4v) is 2.56. The number of halogens is 2. The largest absolute Gasteiger partial charge is 0.341 e. The smallest absolute Gasteiger partial charge is 0.239 e. The molecule has 0 bridgehead atoms. The molecule has 0 aliphatic carbocycles. The van der Waals surface area contributed by atoms with Gasteiger partial charge in [-0.1, -0.05) is 12.1 Å². The van der Waals surface area contributed by atoms with Crippen LogP contribution in [0.5, 0.6) is 0 Å². The molecule has 1 amide bonds. The van der Waals surface area contributed by atoms with Gasteiger partial charge < -0.3 is 10.6 Å². The van der Waals surface area contributed by atoms with Gasteiger partial charge in [-0.2, -0.15) is 0 Å². The summed E-state index contributed by atoms with van der Waals surface area (Å²) in [5, 5.41) is 0. The summed E-state index contributed by atoms with van der Waals surface area (Å²) in [5.74, 6) is -1.97. The second kappa shape index (κ2) is 5.65. The van der Waals surface area contributed by atoms with Gasteiger partial charge in [-0.3, -0.25) is 4.79 Å². The number of amides is 1. The topological polar surface area (TPSA) is 46.3 Å². The Balaban J connectivity index is 2.29. The number of nitrogens with zero attached hydrogens (tertiary/aromatic N) is 1. The molecule has 3 nitrogen and oxygen atoms in total. The van der Waals surface area contributed by atoms with E-state index in [0.717, 1.165) is 6.07 Å². The van der Waals surface area contributed by atoms with E-state index in [4.69, 9.17) is 5.73 Å². The van der Waals surface area contributed by atoms with Gasteiger partial charge in [0.15, 0.2) is 11.6 Å². The van der Waals surface area contributed by atoms with Gasteiger partial charge in [0.25, 0.3) is 0 Å². The van der Waals surface area contributed by atoms with Gasteiger partial charge >= 0.3 is 0 Å². The molecular weight excluding hydrogens is 250 g/mol. The van der Waals surface area contributed by atoms with Crippen molar-refractivity contribution in [1.82, 2.24) is 4.90 Å². The van der Waals surface area contributed by atoms with Crippen LogP contribution in [0.25, 0.3) is 0 Å². The van der Waals surface area contributed by atoms with E-state index >= 15 is 0 Å². The van der Waals surface area contributed by atoms with Gasteiger partial charge in [0.1, 0.15) is 0 Å². The highest BCUT2D eigenvalue weighted by molar-refractivity contribution is 5.82. The van der Waals surface area contributed by atoms with E-state index in [1.807, 2.05) is 6.92 Å². The Labute approximate surface area is 111 Å². The summed E-state index contributed by atoms with van der Waals surface area (Å²) in [6.07, 6.45) is 1.08. The van der Waals surface area contributed by atoms with Gasteiger partial charge in [-0.25, -0.2) is 8.78 Å². The highest BCUT2D eigenvalue weighted by Crippen LogP contribution is 2.29. The Morgan fingerprint density at radius 2 is 2.11 bits per heavy atom. The van der Waals surface area contributed by atoms with Crippen molar-refractivity contribution in [3.05, 3.63) is 35.4 Å². The standard InChI is InChI=1S/C14H18F2N2O/c1-2-18-8-9(6-7-12(17)14(18)19)10-4-3-5-11(15)13(10)16/h3-5,9,12H,2,6-8,17H2,1H3. The highest BCUT2D eigenvalue weighted by Gasteiger charge is 2.30. The van der Waals surface area contributed by atoms with Crippen LogP contribution >= 0.6 is 0 Å². The molecular formula is C14H18F2N2O. The zero-order chi connectivity index (χ0) is 14.0. The molecule has 0 saturated carbocycles. The summed E-state index contributed by atoms with van der Waals surface area (Å²) in [6, 6.07) is 3.64. The second-order valence-corrected chi connectivity index (χ2v) is 4.90. The number of rotatable bonds is 2. The van der Waals surface area contributed by atoms with Gasteiger partial charge in [0.2, 0.25) is 5.91 Å². The average molecular weight is 268 g/mol. The summed E-state index contributed by atoms with van der Waals surface area (Å²) < 4.78 is 27.1. The average Bonchev–Trinajstić information content (AvgIpc) is 2.54. The molecule has 5 heteroatoms. The summed E-state index contributed by atoms with van der Waals surface area (Å²) in [7, 11) is 0. The van der Waals surface area contributed by atoms with Crippen LogP contribution in [-0.4, -0.2) is 29.9 Å². The maximum atomic E-state index is 13.8. The molecule has 104 valence electrons. The first-order valence-corrected chi connectivity index (χ1v) is 6.52. The predicted octanol–water partition coefficient (Wildman–Crippen LogP) is 2.02. The summed E-state index contributed by atoms with van der Waals surface area (Å²) in [6.45, 7) is 2.78. The first kappa shape index (κ1) is 13.9. The Morgan fingerprint density at radius 1 is 1.37 bits per heavy atom. The molecule has 0 radical (unpaired) electrons. The van der Waals surface area contributed by atoms with Crippen molar-refractivity contribution in [1.29, 1.82) is 0 Å². The molecule has 2 atom stereocenters. The Kier molecular flexibility index (Phi) is 4.14. The van der Waals surface area contributed by atoms with Crippen LogP contribution in [0.15, 0.2) is 18.2 Å².